The zero-order chi connectivity index (χ0) is 10.2. The second kappa shape index (κ2) is 3.42. The molecule has 0 bridgehead atoms. The molecule has 1 rings (SSSR count). The number of carboxylic acid groups (broad SMARTS) is 1. The van der Waals surface area contributed by atoms with Crippen molar-refractivity contribution in [3.05, 3.63) is 20.3 Å². The Morgan fingerprint density at radius 1 is 1.54 bits per heavy atom. The van der Waals surface area contributed by atoms with Crippen molar-refractivity contribution in [2.75, 3.05) is 0 Å². The number of carboxylic acids is 1. The second-order valence-electron chi connectivity index (χ2n) is 3.84. The van der Waals surface area contributed by atoms with Crippen LogP contribution in [0.25, 0.3) is 0 Å². The molecule has 13 heavy (non-hydrogen) atoms. The summed E-state index contributed by atoms with van der Waals surface area (Å²) < 4.78 is 0.676. The molecule has 0 aliphatic heterocycles. The highest BCUT2D eigenvalue weighted by Crippen LogP contribution is 2.35. The van der Waals surface area contributed by atoms with Crippen LogP contribution in [0, 0.1) is 0 Å². The molecule has 1 heterocycles. The van der Waals surface area contributed by atoms with Crippen LogP contribution < -0.4 is 0 Å². The first-order chi connectivity index (χ1) is 5.82. The van der Waals surface area contributed by atoms with Crippen LogP contribution in [0.1, 0.15) is 35.3 Å². The molecule has 2 nitrogen and oxygen atoms in total. The average Bonchev–Trinajstić information content (AvgIpc) is 2.29. The van der Waals surface area contributed by atoms with Crippen LogP contribution in [0.5, 0.6) is 0 Å². The van der Waals surface area contributed by atoms with E-state index in [9.17, 15) is 4.79 Å². The quantitative estimate of drug-likeness (QED) is 0.841. The Bertz CT molecular complexity index is 336. The first kappa shape index (κ1) is 10.7. The minimum atomic E-state index is -0.868. The van der Waals surface area contributed by atoms with Crippen molar-refractivity contribution in [3.63, 3.8) is 0 Å². The van der Waals surface area contributed by atoms with E-state index in [0.717, 1.165) is 4.88 Å². The Hall–Kier alpha value is -0.350. The molecular weight excluding hydrogens is 252 g/mol. The van der Waals surface area contributed by atoms with E-state index < -0.39 is 5.97 Å². The summed E-state index contributed by atoms with van der Waals surface area (Å²) in [5.41, 5.74) is 0.0148. The van der Waals surface area contributed by atoms with Gasteiger partial charge in [-0.3, -0.25) is 0 Å². The lowest BCUT2D eigenvalue weighted by molar-refractivity contribution is 0.0701. The van der Waals surface area contributed by atoms with Gasteiger partial charge in [0.25, 0.3) is 0 Å². The van der Waals surface area contributed by atoms with E-state index in [1.54, 1.807) is 0 Å². The summed E-state index contributed by atoms with van der Waals surface area (Å²) in [5.74, 6) is -0.868. The molecule has 4 heteroatoms. The topological polar surface area (TPSA) is 37.3 Å². The van der Waals surface area contributed by atoms with Gasteiger partial charge in [-0.2, -0.15) is 0 Å². The van der Waals surface area contributed by atoms with E-state index in [1.165, 1.54) is 11.3 Å². The Labute approximate surface area is 89.7 Å². The molecule has 0 saturated carbocycles. The highest BCUT2D eigenvalue weighted by Gasteiger charge is 2.21. The van der Waals surface area contributed by atoms with Crippen molar-refractivity contribution in [2.45, 2.75) is 26.2 Å². The third kappa shape index (κ3) is 2.31. The van der Waals surface area contributed by atoms with Gasteiger partial charge in [0.05, 0.1) is 0 Å². The van der Waals surface area contributed by atoms with Crippen LogP contribution in [-0.4, -0.2) is 11.1 Å². The Morgan fingerprint density at radius 3 is 2.31 bits per heavy atom. The molecule has 0 unspecified atom stereocenters. The number of rotatable bonds is 1. The third-order valence-corrected chi connectivity index (χ3v) is 4.06. The van der Waals surface area contributed by atoms with E-state index in [-0.39, 0.29) is 5.41 Å². The van der Waals surface area contributed by atoms with Gasteiger partial charge in [-0.25, -0.2) is 4.79 Å². The Balaban J connectivity index is 3.17. The molecule has 0 aliphatic carbocycles. The van der Waals surface area contributed by atoms with Crippen LogP contribution in [-0.2, 0) is 5.41 Å². The van der Waals surface area contributed by atoms with E-state index in [2.05, 4.69) is 36.7 Å². The summed E-state index contributed by atoms with van der Waals surface area (Å²) in [6.07, 6.45) is 0. The fourth-order valence-corrected chi connectivity index (χ4v) is 2.62. The second-order valence-corrected chi connectivity index (χ2v) is 5.75. The van der Waals surface area contributed by atoms with E-state index in [4.69, 9.17) is 5.11 Å². The average molecular weight is 263 g/mol. The number of thiophene rings is 1. The van der Waals surface area contributed by atoms with Gasteiger partial charge >= 0.3 is 5.97 Å². The summed E-state index contributed by atoms with van der Waals surface area (Å²) in [6.45, 7) is 6.20. The van der Waals surface area contributed by atoms with E-state index >= 15 is 0 Å². The molecule has 0 radical (unpaired) electrons. The number of hydrogen-bond donors (Lipinski definition) is 1. The lowest BCUT2D eigenvalue weighted by Crippen LogP contribution is -2.07. The molecule has 1 N–H and O–H groups in total. The maximum atomic E-state index is 10.7. The Kier molecular flexibility index (Phi) is 2.82. The molecule has 1 aromatic heterocycles. The molecule has 0 aromatic carbocycles. The maximum Gasteiger partial charge on any atom is 0.347 e. The molecule has 1 aromatic rings. The Morgan fingerprint density at radius 2 is 2.08 bits per heavy atom. The zero-order valence-electron chi connectivity index (χ0n) is 7.72. The monoisotopic (exact) mass is 262 g/mol. The van der Waals surface area contributed by atoms with Crippen LogP contribution in [0.2, 0.25) is 0 Å². The van der Waals surface area contributed by atoms with Crippen LogP contribution >= 0.6 is 27.3 Å². The van der Waals surface area contributed by atoms with Gasteiger partial charge in [0.2, 0.25) is 0 Å². The zero-order valence-corrected chi connectivity index (χ0v) is 10.1. The standard InChI is InChI=1S/C9H11BrO2S/c1-9(2,3)6-4-5(10)7(13-6)8(11)12/h4H,1-3H3,(H,11,12). The van der Waals surface area contributed by atoms with Crippen molar-refractivity contribution in [1.29, 1.82) is 0 Å². The summed E-state index contributed by atoms with van der Waals surface area (Å²) in [4.78, 5) is 12.2. The van der Waals surface area contributed by atoms with Crippen molar-refractivity contribution < 1.29 is 9.90 Å². The molecule has 72 valence electrons. The van der Waals surface area contributed by atoms with Crippen molar-refractivity contribution >= 4 is 33.2 Å². The minimum absolute atomic E-state index is 0.0148. The fraction of sp³-hybridized carbons (Fsp3) is 0.444. The van der Waals surface area contributed by atoms with Crippen molar-refractivity contribution in [2.24, 2.45) is 0 Å². The summed E-state index contributed by atoms with van der Waals surface area (Å²) in [6, 6.07) is 1.88. The minimum Gasteiger partial charge on any atom is -0.477 e. The fourth-order valence-electron chi connectivity index (χ4n) is 0.884. The van der Waals surface area contributed by atoms with Gasteiger partial charge < -0.3 is 5.11 Å². The predicted octanol–water partition coefficient (Wildman–Crippen LogP) is 3.51. The summed E-state index contributed by atoms with van der Waals surface area (Å²) >= 11 is 4.57. The summed E-state index contributed by atoms with van der Waals surface area (Å²) in [5, 5.41) is 8.83. The number of hydrogen-bond acceptors (Lipinski definition) is 2. The number of carbonyl (C=O) groups is 1. The van der Waals surface area contributed by atoms with Gasteiger partial charge in [0.15, 0.2) is 0 Å². The van der Waals surface area contributed by atoms with Crippen molar-refractivity contribution in [1.82, 2.24) is 0 Å². The molecule has 0 saturated heterocycles. The van der Waals surface area contributed by atoms with E-state index in [0.29, 0.717) is 9.35 Å². The maximum absolute atomic E-state index is 10.7. The van der Waals surface area contributed by atoms with Gasteiger partial charge in [0.1, 0.15) is 4.88 Å². The molecule has 0 fully saturated rings. The van der Waals surface area contributed by atoms with E-state index in [1.807, 2.05) is 6.07 Å². The largest absolute Gasteiger partial charge is 0.477 e. The van der Waals surface area contributed by atoms with Crippen molar-refractivity contribution in [3.8, 4) is 0 Å². The predicted molar refractivity (Wildman–Crippen MR) is 57.7 cm³/mol. The molecule has 0 spiro atoms. The van der Waals surface area contributed by atoms with Crippen LogP contribution in [0.4, 0.5) is 0 Å². The smallest absolute Gasteiger partial charge is 0.347 e. The summed E-state index contributed by atoms with van der Waals surface area (Å²) in [7, 11) is 0. The first-order valence-corrected chi connectivity index (χ1v) is 5.46. The normalized spacial score (nSPS) is 11.7. The van der Waals surface area contributed by atoms with Gasteiger partial charge in [-0.15, -0.1) is 11.3 Å². The molecular formula is C9H11BrO2S. The van der Waals surface area contributed by atoms with Crippen LogP contribution in [0.3, 0.4) is 0 Å². The highest BCUT2D eigenvalue weighted by atomic mass is 79.9. The molecule has 0 atom stereocenters. The lowest BCUT2D eigenvalue weighted by Gasteiger charge is -2.14. The highest BCUT2D eigenvalue weighted by molar-refractivity contribution is 9.10. The SMILES string of the molecule is CC(C)(C)c1cc(Br)c(C(=O)O)s1. The lowest BCUT2D eigenvalue weighted by atomic mass is 9.95. The number of halogens is 1. The van der Waals surface area contributed by atoms with Crippen LogP contribution in [0.15, 0.2) is 10.5 Å². The van der Waals surface area contributed by atoms with Gasteiger partial charge in [-0.05, 0) is 27.4 Å². The molecule has 0 aliphatic rings. The molecule has 0 amide bonds. The number of aromatic carboxylic acids is 1. The van der Waals surface area contributed by atoms with Gasteiger partial charge in [0, 0.05) is 9.35 Å². The first-order valence-electron chi connectivity index (χ1n) is 3.85. The third-order valence-electron chi connectivity index (χ3n) is 1.62. The van der Waals surface area contributed by atoms with Gasteiger partial charge in [-0.1, -0.05) is 20.8 Å².